The summed E-state index contributed by atoms with van der Waals surface area (Å²) >= 11 is 0. The number of methoxy groups -OCH3 is 1. The summed E-state index contributed by atoms with van der Waals surface area (Å²) < 4.78 is 5.13. The fourth-order valence-electron chi connectivity index (χ4n) is 1.65. The van der Waals surface area contributed by atoms with Gasteiger partial charge in [-0.3, -0.25) is 9.78 Å². The van der Waals surface area contributed by atoms with Gasteiger partial charge in [0.25, 0.3) is 5.91 Å². The Balaban J connectivity index is 2.00. The molecule has 1 heterocycles. The van der Waals surface area contributed by atoms with E-state index < -0.39 is 0 Å². The largest absolute Gasteiger partial charge is 0.497 e. The molecule has 20 heavy (non-hydrogen) atoms. The molecule has 0 atom stereocenters. The number of carbonyl (C=O) groups is 1. The maximum absolute atomic E-state index is 12.0. The maximum Gasteiger partial charge on any atom is 0.271 e. The van der Waals surface area contributed by atoms with Gasteiger partial charge >= 0.3 is 0 Å². The Morgan fingerprint density at radius 3 is 2.95 bits per heavy atom. The van der Waals surface area contributed by atoms with Crippen LogP contribution < -0.4 is 15.4 Å². The Morgan fingerprint density at radius 2 is 2.20 bits per heavy atom. The Kier molecular flexibility index (Phi) is 4.49. The lowest BCUT2D eigenvalue weighted by Gasteiger charge is -2.07. The Bertz CT molecular complexity index is 601. The number of anilines is 1. The quantitative estimate of drug-likeness (QED) is 0.861. The fraction of sp³-hybridized carbons (Fsp3) is 0.214. The number of ether oxygens (including phenoxy) is 1. The van der Waals surface area contributed by atoms with Gasteiger partial charge in [-0.1, -0.05) is 12.1 Å². The zero-order chi connectivity index (χ0) is 14.4. The summed E-state index contributed by atoms with van der Waals surface area (Å²) in [6.07, 6.45) is 2.99. The van der Waals surface area contributed by atoms with Crippen molar-refractivity contribution in [1.29, 1.82) is 0 Å². The monoisotopic (exact) mass is 272 g/mol. The van der Waals surface area contributed by atoms with E-state index in [1.54, 1.807) is 20.4 Å². The molecule has 2 rings (SSSR count). The molecule has 0 aliphatic heterocycles. The highest BCUT2D eigenvalue weighted by atomic mass is 16.5. The lowest BCUT2D eigenvalue weighted by molar-refractivity contribution is 0.0945. The summed E-state index contributed by atoms with van der Waals surface area (Å²) in [7, 11) is 3.33. The number of aromatic nitrogens is 2. The molecule has 6 nitrogen and oxygen atoms in total. The number of benzene rings is 1. The number of carbonyl (C=O) groups excluding carboxylic acids is 1. The molecule has 1 aromatic carbocycles. The molecular weight excluding hydrogens is 256 g/mol. The first-order valence-corrected chi connectivity index (χ1v) is 6.14. The zero-order valence-electron chi connectivity index (χ0n) is 11.4. The van der Waals surface area contributed by atoms with Crippen molar-refractivity contribution in [3.05, 3.63) is 47.9 Å². The van der Waals surface area contributed by atoms with Crippen molar-refractivity contribution in [2.45, 2.75) is 6.54 Å². The molecule has 0 radical (unpaired) electrons. The second-order valence-electron chi connectivity index (χ2n) is 4.07. The van der Waals surface area contributed by atoms with Crippen molar-refractivity contribution in [2.24, 2.45) is 0 Å². The lowest BCUT2D eigenvalue weighted by atomic mass is 10.2. The molecule has 0 aliphatic rings. The molecule has 104 valence electrons. The summed E-state index contributed by atoms with van der Waals surface area (Å²) in [5, 5.41) is 5.63. The molecule has 0 saturated heterocycles. The van der Waals surface area contributed by atoms with Gasteiger partial charge in [0.05, 0.1) is 19.5 Å². The van der Waals surface area contributed by atoms with E-state index in [0.29, 0.717) is 12.4 Å². The molecule has 2 aromatic rings. The van der Waals surface area contributed by atoms with Crippen molar-refractivity contribution in [3.63, 3.8) is 0 Å². The number of nitrogens with zero attached hydrogens (tertiary/aromatic N) is 2. The minimum atomic E-state index is -0.266. The van der Waals surface area contributed by atoms with E-state index in [9.17, 15) is 4.79 Å². The van der Waals surface area contributed by atoms with E-state index in [-0.39, 0.29) is 11.6 Å². The molecule has 0 aliphatic carbocycles. The van der Waals surface area contributed by atoms with Crippen LogP contribution in [0.1, 0.15) is 16.1 Å². The van der Waals surface area contributed by atoms with E-state index >= 15 is 0 Å². The van der Waals surface area contributed by atoms with Crippen LogP contribution >= 0.6 is 0 Å². The van der Waals surface area contributed by atoms with Crippen LogP contribution in [0.15, 0.2) is 36.7 Å². The standard InChI is InChI=1S/C14H16N4O2/c1-15-13-9-16-8-12(18-13)14(19)17-7-10-4-3-5-11(6-10)20-2/h3-6,8-9H,7H2,1-2H3,(H,15,18)(H,17,19). The molecule has 6 heteroatoms. The van der Waals surface area contributed by atoms with Crippen molar-refractivity contribution < 1.29 is 9.53 Å². The van der Waals surface area contributed by atoms with Gasteiger partial charge in [0.1, 0.15) is 17.3 Å². The first kappa shape index (κ1) is 13.8. The summed E-state index contributed by atoms with van der Waals surface area (Å²) in [6.45, 7) is 0.404. The Morgan fingerprint density at radius 1 is 1.35 bits per heavy atom. The van der Waals surface area contributed by atoms with Crippen molar-refractivity contribution in [2.75, 3.05) is 19.5 Å². The van der Waals surface area contributed by atoms with Gasteiger partial charge in [0, 0.05) is 13.6 Å². The summed E-state index contributed by atoms with van der Waals surface area (Å²) in [5.74, 6) is 1.05. The highest BCUT2D eigenvalue weighted by Crippen LogP contribution is 2.12. The van der Waals surface area contributed by atoms with Crippen LogP contribution in [0, 0.1) is 0 Å². The minimum absolute atomic E-state index is 0.266. The van der Waals surface area contributed by atoms with Crippen LogP contribution in [0.3, 0.4) is 0 Å². The van der Waals surface area contributed by atoms with E-state index in [1.807, 2.05) is 24.3 Å². The second kappa shape index (κ2) is 6.51. The zero-order valence-corrected chi connectivity index (χ0v) is 11.4. The molecule has 1 aromatic heterocycles. The van der Waals surface area contributed by atoms with Crippen LogP contribution in [-0.2, 0) is 6.54 Å². The third-order valence-electron chi connectivity index (χ3n) is 2.71. The Labute approximate surface area is 117 Å². The van der Waals surface area contributed by atoms with Crippen LogP contribution in [0.25, 0.3) is 0 Å². The van der Waals surface area contributed by atoms with Crippen LogP contribution in [-0.4, -0.2) is 30.0 Å². The second-order valence-corrected chi connectivity index (χ2v) is 4.07. The summed E-state index contributed by atoms with van der Waals surface area (Å²) in [5.41, 5.74) is 1.23. The van der Waals surface area contributed by atoms with Crippen LogP contribution in [0.2, 0.25) is 0 Å². The smallest absolute Gasteiger partial charge is 0.271 e. The van der Waals surface area contributed by atoms with E-state index in [4.69, 9.17) is 4.74 Å². The molecule has 1 amide bonds. The third kappa shape index (κ3) is 3.44. The number of rotatable bonds is 5. The van der Waals surface area contributed by atoms with Gasteiger partial charge in [-0.2, -0.15) is 0 Å². The van der Waals surface area contributed by atoms with E-state index in [2.05, 4.69) is 20.6 Å². The van der Waals surface area contributed by atoms with Gasteiger partial charge in [0.2, 0.25) is 0 Å². The SMILES string of the molecule is CNc1cncc(C(=O)NCc2cccc(OC)c2)n1. The highest BCUT2D eigenvalue weighted by Gasteiger charge is 2.08. The molecule has 0 unspecified atom stereocenters. The summed E-state index contributed by atoms with van der Waals surface area (Å²) in [6, 6.07) is 7.52. The Hall–Kier alpha value is -2.63. The van der Waals surface area contributed by atoms with Crippen LogP contribution in [0.4, 0.5) is 5.82 Å². The molecule has 2 N–H and O–H groups in total. The van der Waals surface area contributed by atoms with Gasteiger partial charge in [0.15, 0.2) is 0 Å². The van der Waals surface area contributed by atoms with Crippen LogP contribution in [0.5, 0.6) is 5.75 Å². The van der Waals surface area contributed by atoms with Gasteiger partial charge < -0.3 is 15.4 Å². The summed E-state index contributed by atoms with van der Waals surface area (Å²) in [4.78, 5) is 20.0. The van der Waals surface area contributed by atoms with Gasteiger partial charge in [-0.25, -0.2) is 4.98 Å². The van der Waals surface area contributed by atoms with Crippen molar-refractivity contribution >= 4 is 11.7 Å². The van der Waals surface area contributed by atoms with Gasteiger partial charge in [-0.15, -0.1) is 0 Å². The first-order chi connectivity index (χ1) is 9.72. The molecule has 0 fully saturated rings. The van der Waals surface area contributed by atoms with Gasteiger partial charge in [-0.05, 0) is 17.7 Å². The van der Waals surface area contributed by atoms with E-state index in [0.717, 1.165) is 11.3 Å². The first-order valence-electron chi connectivity index (χ1n) is 6.14. The minimum Gasteiger partial charge on any atom is -0.497 e. The normalized spacial score (nSPS) is 9.90. The molecular formula is C14H16N4O2. The number of amides is 1. The average molecular weight is 272 g/mol. The number of nitrogens with one attached hydrogen (secondary N) is 2. The highest BCUT2D eigenvalue weighted by molar-refractivity contribution is 5.92. The maximum atomic E-state index is 12.0. The number of hydrogen-bond acceptors (Lipinski definition) is 5. The van der Waals surface area contributed by atoms with E-state index in [1.165, 1.54) is 6.20 Å². The average Bonchev–Trinajstić information content (AvgIpc) is 2.52. The predicted octanol–water partition coefficient (Wildman–Crippen LogP) is 1.46. The molecule has 0 bridgehead atoms. The molecule has 0 saturated carbocycles. The predicted molar refractivity (Wildman–Crippen MR) is 75.7 cm³/mol. The number of hydrogen-bond donors (Lipinski definition) is 2. The third-order valence-corrected chi connectivity index (χ3v) is 2.71. The van der Waals surface area contributed by atoms with Crippen molar-refractivity contribution in [3.8, 4) is 5.75 Å². The fourth-order valence-corrected chi connectivity index (χ4v) is 1.65. The molecule has 0 spiro atoms. The lowest BCUT2D eigenvalue weighted by Crippen LogP contribution is -2.24. The topological polar surface area (TPSA) is 76.1 Å². The van der Waals surface area contributed by atoms with Crippen molar-refractivity contribution in [1.82, 2.24) is 15.3 Å².